The van der Waals surface area contributed by atoms with Gasteiger partial charge in [0, 0.05) is 38.8 Å². The van der Waals surface area contributed by atoms with E-state index in [1.807, 2.05) is 20.8 Å². The second kappa shape index (κ2) is 6.45. The van der Waals surface area contributed by atoms with E-state index >= 15 is 0 Å². The summed E-state index contributed by atoms with van der Waals surface area (Å²) in [5.41, 5.74) is 0. The molecule has 0 aliphatic heterocycles. The molecule has 0 aromatic carbocycles. The van der Waals surface area contributed by atoms with Crippen molar-refractivity contribution in [2.24, 2.45) is 0 Å². The Morgan fingerprint density at radius 2 is 2.12 bits per heavy atom. The third kappa shape index (κ3) is 5.20. The predicted octanol–water partition coefficient (Wildman–Crippen LogP) is 3.71. The number of thiophene rings is 1. The van der Waals surface area contributed by atoms with Crippen molar-refractivity contribution in [3.63, 3.8) is 0 Å². The molecule has 0 amide bonds. The van der Waals surface area contributed by atoms with E-state index < -0.39 is 10.8 Å². The largest absolute Gasteiger partial charge is 0.309 e. The van der Waals surface area contributed by atoms with Crippen molar-refractivity contribution in [2.45, 2.75) is 38.5 Å². The van der Waals surface area contributed by atoms with Gasteiger partial charge in [-0.3, -0.25) is 4.21 Å². The van der Waals surface area contributed by atoms with Crippen LogP contribution in [-0.2, 0) is 10.8 Å². The highest BCUT2D eigenvalue weighted by Crippen LogP contribution is 2.26. The molecule has 0 spiro atoms. The lowest BCUT2D eigenvalue weighted by Gasteiger charge is -2.19. The van der Waals surface area contributed by atoms with Crippen LogP contribution in [0.3, 0.4) is 0 Å². The highest BCUT2D eigenvalue weighted by atomic mass is 79.9. The zero-order valence-electron chi connectivity index (χ0n) is 10.7. The summed E-state index contributed by atoms with van der Waals surface area (Å²) < 4.78 is 12.9. The van der Waals surface area contributed by atoms with Crippen LogP contribution in [0.2, 0.25) is 0 Å². The zero-order chi connectivity index (χ0) is 13.1. The maximum atomic E-state index is 11.9. The SMILES string of the molecule is C[C@H](NCC[S@@](=O)C(C)(C)C)c1ccc(Br)s1. The Morgan fingerprint density at radius 1 is 1.47 bits per heavy atom. The molecule has 0 fully saturated rings. The van der Waals surface area contributed by atoms with Crippen LogP contribution >= 0.6 is 27.3 Å². The van der Waals surface area contributed by atoms with Crippen molar-refractivity contribution in [2.75, 3.05) is 12.3 Å². The van der Waals surface area contributed by atoms with Gasteiger partial charge in [0.05, 0.1) is 3.79 Å². The maximum absolute atomic E-state index is 11.9. The van der Waals surface area contributed by atoms with Crippen molar-refractivity contribution in [3.05, 3.63) is 20.8 Å². The number of nitrogens with one attached hydrogen (secondary N) is 1. The van der Waals surface area contributed by atoms with Crippen molar-refractivity contribution < 1.29 is 4.21 Å². The Labute approximate surface area is 119 Å². The summed E-state index contributed by atoms with van der Waals surface area (Å²) in [6.45, 7) is 8.98. The molecule has 0 radical (unpaired) electrons. The van der Waals surface area contributed by atoms with Crippen molar-refractivity contribution in [3.8, 4) is 0 Å². The van der Waals surface area contributed by atoms with Gasteiger partial charge in [0.15, 0.2) is 0 Å². The highest BCUT2D eigenvalue weighted by molar-refractivity contribution is 9.11. The molecule has 1 heterocycles. The molecule has 0 aliphatic rings. The first-order valence-corrected chi connectivity index (χ1v) is 8.60. The van der Waals surface area contributed by atoms with Gasteiger partial charge in [0.25, 0.3) is 0 Å². The van der Waals surface area contributed by atoms with Crippen LogP contribution in [0, 0.1) is 0 Å². The minimum atomic E-state index is -0.773. The van der Waals surface area contributed by atoms with Gasteiger partial charge in [-0.05, 0) is 55.8 Å². The number of rotatable bonds is 5. The van der Waals surface area contributed by atoms with Crippen LogP contribution in [0.1, 0.15) is 38.6 Å². The molecule has 1 aromatic heterocycles. The maximum Gasteiger partial charge on any atom is 0.0701 e. The van der Waals surface area contributed by atoms with Crippen molar-refractivity contribution in [1.29, 1.82) is 0 Å². The monoisotopic (exact) mass is 337 g/mol. The third-order valence-electron chi connectivity index (χ3n) is 2.44. The molecule has 0 saturated heterocycles. The Hall–Kier alpha value is 0.290. The second-order valence-corrected chi connectivity index (χ2v) is 9.80. The van der Waals surface area contributed by atoms with Gasteiger partial charge >= 0.3 is 0 Å². The van der Waals surface area contributed by atoms with Crippen LogP contribution in [0.15, 0.2) is 15.9 Å². The minimum Gasteiger partial charge on any atom is -0.309 e. The molecule has 0 bridgehead atoms. The quantitative estimate of drug-likeness (QED) is 0.887. The molecule has 5 heteroatoms. The first-order valence-electron chi connectivity index (χ1n) is 5.68. The Morgan fingerprint density at radius 3 is 2.59 bits per heavy atom. The van der Waals surface area contributed by atoms with E-state index in [9.17, 15) is 4.21 Å². The number of hydrogen-bond acceptors (Lipinski definition) is 3. The fourth-order valence-electron chi connectivity index (χ4n) is 1.34. The van der Waals surface area contributed by atoms with Crippen LogP contribution in [0.4, 0.5) is 0 Å². The van der Waals surface area contributed by atoms with Gasteiger partial charge < -0.3 is 5.32 Å². The first-order chi connectivity index (χ1) is 7.80. The standard InChI is InChI=1S/C12H20BrNOS2/c1-9(10-5-6-11(13)16-10)14-7-8-17(15)12(2,3)4/h5-6,9,14H,7-8H2,1-4H3/t9-,17+/m0/s1. The molecule has 2 atom stereocenters. The average Bonchev–Trinajstić information content (AvgIpc) is 2.63. The van der Waals surface area contributed by atoms with Crippen LogP contribution in [-0.4, -0.2) is 21.3 Å². The average molecular weight is 338 g/mol. The summed E-state index contributed by atoms with van der Waals surface area (Å²) in [5, 5.41) is 3.41. The number of halogens is 1. The molecule has 1 aromatic rings. The van der Waals surface area contributed by atoms with Gasteiger partial charge in [-0.25, -0.2) is 0 Å². The van der Waals surface area contributed by atoms with Crippen LogP contribution < -0.4 is 5.32 Å². The minimum absolute atomic E-state index is 0.114. The molecule has 1 N–H and O–H groups in total. The summed E-state index contributed by atoms with van der Waals surface area (Å²) in [6, 6.07) is 4.50. The first kappa shape index (κ1) is 15.3. The molecular formula is C12H20BrNOS2. The fourth-order valence-corrected chi connectivity index (χ4v) is 3.70. The Balaban J connectivity index is 2.35. The molecule has 0 unspecified atom stereocenters. The van der Waals surface area contributed by atoms with Gasteiger partial charge in [-0.1, -0.05) is 0 Å². The summed E-state index contributed by atoms with van der Waals surface area (Å²) in [4.78, 5) is 1.30. The zero-order valence-corrected chi connectivity index (χ0v) is 14.0. The lowest BCUT2D eigenvalue weighted by molar-refractivity contribution is 0.598. The van der Waals surface area contributed by atoms with Crippen LogP contribution in [0.5, 0.6) is 0 Å². The predicted molar refractivity (Wildman–Crippen MR) is 81.2 cm³/mol. The van der Waals surface area contributed by atoms with E-state index in [0.717, 1.165) is 10.3 Å². The van der Waals surface area contributed by atoms with Gasteiger partial charge in [0.1, 0.15) is 0 Å². The smallest absolute Gasteiger partial charge is 0.0701 e. The van der Waals surface area contributed by atoms with Crippen LogP contribution in [0.25, 0.3) is 0 Å². The van der Waals surface area contributed by atoms with E-state index in [-0.39, 0.29) is 4.75 Å². The molecule has 98 valence electrons. The second-order valence-electron chi connectivity index (χ2n) is 4.98. The number of hydrogen-bond donors (Lipinski definition) is 1. The molecule has 1 rings (SSSR count). The molecule has 0 aliphatic carbocycles. The van der Waals surface area contributed by atoms with E-state index in [1.54, 1.807) is 11.3 Å². The molecule has 17 heavy (non-hydrogen) atoms. The summed E-state index contributed by atoms with van der Waals surface area (Å²) in [6.07, 6.45) is 0. The molecule has 2 nitrogen and oxygen atoms in total. The van der Waals surface area contributed by atoms with E-state index in [0.29, 0.717) is 11.8 Å². The van der Waals surface area contributed by atoms with E-state index in [1.165, 1.54) is 4.88 Å². The summed E-state index contributed by atoms with van der Waals surface area (Å²) in [7, 11) is -0.773. The van der Waals surface area contributed by atoms with Gasteiger partial charge in [0.2, 0.25) is 0 Å². The third-order valence-corrected chi connectivity index (χ3v) is 6.19. The fraction of sp³-hybridized carbons (Fsp3) is 0.667. The van der Waals surface area contributed by atoms with Gasteiger partial charge in [-0.2, -0.15) is 0 Å². The molecule has 0 saturated carbocycles. The lowest BCUT2D eigenvalue weighted by atomic mass is 10.3. The van der Waals surface area contributed by atoms with E-state index in [2.05, 4.69) is 40.3 Å². The van der Waals surface area contributed by atoms with Crippen molar-refractivity contribution >= 4 is 38.1 Å². The highest BCUT2D eigenvalue weighted by Gasteiger charge is 2.19. The van der Waals surface area contributed by atoms with E-state index in [4.69, 9.17) is 0 Å². The summed E-state index contributed by atoms with van der Waals surface area (Å²) in [5.74, 6) is 0.709. The molecular weight excluding hydrogens is 318 g/mol. The topological polar surface area (TPSA) is 29.1 Å². The Bertz CT molecular complexity index is 384. The summed E-state index contributed by atoms with van der Waals surface area (Å²) >= 11 is 5.20. The van der Waals surface area contributed by atoms with Crippen molar-refractivity contribution in [1.82, 2.24) is 5.32 Å². The normalized spacial score (nSPS) is 15.8. The lowest BCUT2D eigenvalue weighted by Crippen LogP contribution is -2.30. The Kier molecular flexibility index (Phi) is 5.83. The van der Waals surface area contributed by atoms with Gasteiger partial charge in [-0.15, -0.1) is 11.3 Å².